The normalized spacial score (nSPS) is 13.6. The molecule has 0 spiro atoms. The molecule has 0 aliphatic rings. The Hall–Kier alpha value is -2.61. The Morgan fingerprint density at radius 2 is 1.67 bits per heavy atom. The lowest BCUT2D eigenvalue weighted by atomic mass is 9.92. The molecule has 0 saturated heterocycles. The minimum absolute atomic E-state index is 0.307. The zero-order valence-corrected chi connectivity index (χ0v) is 21.1. The predicted octanol–water partition coefficient (Wildman–Crippen LogP) is 3.55. The molecule has 0 aliphatic heterocycles. The molecule has 0 aromatic heterocycles. The third-order valence-electron chi connectivity index (χ3n) is 5.38. The van der Waals surface area contributed by atoms with E-state index in [1.165, 1.54) is 4.90 Å². The SMILES string of the molecule is CCCCNC(=O)C(c1ccccc1)N(C(=O)C(CO)NC(=O)OC(C)(C)C)C(C)(C)CC. The molecule has 0 saturated carbocycles. The molecule has 186 valence electrons. The maximum atomic E-state index is 13.7. The van der Waals surface area contributed by atoms with E-state index in [-0.39, 0.29) is 5.91 Å². The number of aliphatic hydroxyl groups is 1. The van der Waals surface area contributed by atoms with Gasteiger partial charge in [0.15, 0.2) is 0 Å². The van der Waals surface area contributed by atoms with Crippen molar-refractivity contribution >= 4 is 17.9 Å². The van der Waals surface area contributed by atoms with Gasteiger partial charge in [-0.25, -0.2) is 4.79 Å². The van der Waals surface area contributed by atoms with Crippen molar-refractivity contribution in [3.8, 4) is 0 Å². The average molecular weight is 464 g/mol. The van der Waals surface area contributed by atoms with Crippen LogP contribution in [0.25, 0.3) is 0 Å². The number of carbonyl (C=O) groups excluding carboxylic acids is 3. The van der Waals surface area contributed by atoms with Crippen LogP contribution in [0, 0.1) is 0 Å². The van der Waals surface area contributed by atoms with Crippen LogP contribution in [0.1, 0.15) is 79.3 Å². The Morgan fingerprint density at radius 1 is 1.06 bits per heavy atom. The molecular weight excluding hydrogens is 422 g/mol. The number of unbranched alkanes of at least 4 members (excludes halogenated alkanes) is 1. The van der Waals surface area contributed by atoms with Gasteiger partial charge in [-0.3, -0.25) is 9.59 Å². The summed E-state index contributed by atoms with van der Waals surface area (Å²) in [6.07, 6.45) is 1.48. The number of benzene rings is 1. The smallest absolute Gasteiger partial charge is 0.408 e. The second kappa shape index (κ2) is 12.6. The van der Waals surface area contributed by atoms with Gasteiger partial charge in [0.25, 0.3) is 0 Å². The van der Waals surface area contributed by atoms with E-state index in [0.717, 1.165) is 12.8 Å². The highest BCUT2D eigenvalue weighted by Crippen LogP contribution is 2.32. The minimum Gasteiger partial charge on any atom is -0.444 e. The number of nitrogens with zero attached hydrogens (tertiary/aromatic N) is 1. The maximum Gasteiger partial charge on any atom is 0.408 e. The summed E-state index contributed by atoms with van der Waals surface area (Å²) in [7, 11) is 0. The first-order valence-electron chi connectivity index (χ1n) is 11.6. The average Bonchev–Trinajstić information content (AvgIpc) is 2.74. The minimum atomic E-state index is -1.26. The molecule has 0 radical (unpaired) electrons. The van der Waals surface area contributed by atoms with E-state index in [4.69, 9.17) is 4.74 Å². The summed E-state index contributed by atoms with van der Waals surface area (Å²) in [5.41, 5.74) is -0.861. The van der Waals surface area contributed by atoms with Crippen LogP contribution in [0.5, 0.6) is 0 Å². The Kier molecular flexibility index (Phi) is 10.8. The van der Waals surface area contributed by atoms with Gasteiger partial charge >= 0.3 is 6.09 Å². The number of hydrogen-bond donors (Lipinski definition) is 3. The van der Waals surface area contributed by atoms with Gasteiger partial charge < -0.3 is 25.4 Å². The van der Waals surface area contributed by atoms with Gasteiger partial charge in [-0.15, -0.1) is 0 Å². The zero-order valence-electron chi connectivity index (χ0n) is 21.1. The molecule has 1 rings (SSSR count). The highest BCUT2D eigenvalue weighted by Gasteiger charge is 2.42. The molecule has 0 fully saturated rings. The fourth-order valence-electron chi connectivity index (χ4n) is 3.29. The topological polar surface area (TPSA) is 108 Å². The molecule has 8 heteroatoms. The molecule has 0 bridgehead atoms. The zero-order chi connectivity index (χ0) is 25.2. The van der Waals surface area contributed by atoms with E-state index in [0.29, 0.717) is 18.5 Å². The van der Waals surface area contributed by atoms with E-state index in [2.05, 4.69) is 10.6 Å². The van der Waals surface area contributed by atoms with Crippen molar-refractivity contribution in [2.24, 2.45) is 0 Å². The summed E-state index contributed by atoms with van der Waals surface area (Å²) in [5.74, 6) is -0.867. The standard InChI is InChI=1S/C25H41N3O5/c1-8-10-16-26-21(30)20(18-14-12-11-13-15-18)28(25(6,7)9-2)22(31)19(17-29)27-23(32)33-24(3,4)5/h11-15,19-20,29H,8-10,16-17H2,1-7H3,(H,26,30)(H,27,32). The second-order valence-electron chi connectivity index (χ2n) is 9.71. The lowest BCUT2D eigenvalue weighted by Gasteiger charge is -2.44. The summed E-state index contributed by atoms with van der Waals surface area (Å²) < 4.78 is 5.26. The van der Waals surface area contributed by atoms with Crippen LogP contribution in [0.3, 0.4) is 0 Å². The number of alkyl carbamates (subject to hydrolysis) is 1. The fourth-order valence-corrected chi connectivity index (χ4v) is 3.29. The summed E-state index contributed by atoms with van der Waals surface area (Å²) in [4.78, 5) is 40.9. The number of nitrogens with one attached hydrogen (secondary N) is 2. The summed E-state index contributed by atoms with van der Waals surface area (Å²) in [6.45, 7) is 12.7. The van der Waals surface area contributed by atoms with Crippen LogP contribution in [-0.4, -0.2) is 58.2 Å². The Labute approximate surface area is 198 Å². The van der Waals surface area contributed by atoms with Gasteiger partial charge in [0.05, 0.1) is 6.61 Å². The van der Waals surface area contributed by atoms with Crippen molar-refractivity contribution in [1.29, 1.82) is 0 Å². The molecule has 0 aliphatic carbocycles. The molecule has 3 N–H and O–H groups in total. The predicted molar refractivity (Wildman–Crippen MR) is 129 cm³/mol. The van der Waals surface area contributed by atoms with Crippen LogP contribution in [-0.2, 0) is 14.3 Å². The van der Waals surface area contributed by atoms with E-state index in [1.807, 2.05) is 45.9 Å². The van der Waals surface area contributed by atoms with Gasteiger partial charge in [0, 0.05) is 12.1 Å². The highest BCUT2D eigenvalue weighted by molar-refractivity contribution is 5.92. The van der Waals surface area contributed by atoms with Gasteiger partial charge in [-0.2, -0.15) is 0 Å². The summed E-state index contributed by atoms with van der Waals surface area (Å²) >= 11 is 0. The fraction of sp³-hybridized carbons (Fsp3) is 0.640. The molecule has 2 unspecified atom stereocenters. The van der Waals surface area contributed by atoms with Gasteiger partial charge in [0.1, 0.15) is 17.7 Å². The third kappa shape index (κ3) is 8.68. The van der Waals surface area contributed by atoms with Crippen LogP contribution < -0.4 is 10.6 Å². The monoisotopic (exact) mass is 463 g/mol. The van der Waals surface area contributed by atoms with Crippen molar-refractivity contribution in [2.45, 2.75) is 91.0 Å². The number of carbonyl (C=O) groups is 3. The quantitative estimate of drug-likeness (QED) is 0.435. The number of rotatable bonds is 11. The van der Waals surface area contributed by atoms with Crippen molar-refractivity contribution in [3.05, 3.63) is 35.9 Å². The number of amides is 3. The Bertz CT molecular complexity index is 774. The van der Waals surface area contributed by atoms with Crippen molar-refractivity contribution < 1.29 is 24.2 Å². The summed E-state index contributed by atoms with van der Waals surface area (Å²) in [6, 6.07) is 6.86. The van der Waals surface area contributed by atoms with Crippen LogP contribution in [0.4, 0.5) is 4.79 Å². The van der Waals surface area contributed by atoms with E-state index >= 15 is 0 Å². The third-order valence-corrected chi connectivity index (χ3v) is 5.38. The van der Waals surface area contributed by atoms with Crippen molar-refractivity contribution in [2.75, 3.05) is 13.2 Å². The molecule has 1 aromatic carbocycles. The molecule has 0 heterocycles. The first-order chi connectivity index (χ1) is 15.4. The Balaban J connectivity index is 3.41. The first kappa shape index (κ1) is 28.4. The van der Waals surface area contributed by atoms with Crippen LogP contribution >= 0.6 is 0 Å². The number of hydrogen-bond acceptors (Lipinski definition) is 5. The Morgan fingerprint density at radius 3 is 2.15 bits per heavy atom. The second-order valence-corrected chi connectivity index (χ2v) is 9.71. The lowest BCUT2D eigenvalue weighted by molar-refractivity contribution is -0.150. The van der Waals surface area contributed by atoms with Gasteiger partial charge in [-0.1, -0.05) is 50.6 Å². The van der Waals surface area contributed by atoms with Gasteiger partial charge in [-0.05, 0) is 53.0 Å². The van der Waals surface area contributed by atoms with E-state index < -0.39 is 41.8 Å². The summed E-state index contributed by atoms with van der Waals surface area (Å²) in [5, 5.41) is 15.4. The van der Waals surface area contributed by atoms with Crippen molar-refractivity contribution in [1.82, 2.24) is 15.5 Å². The van der Waals surface area contributed by atoms with Crippen LogP contribution in [0.15, 0.2) is 30.3 Å². The molecule has 8 nitrogen and oxygen atoms in total. The maximum absolute atomic E-state index is 13.7. The first-order valence-corrected chi connectivity index (χ1v) is 11.6. The van der Waals surface area contributed by atoms with E-state index in [1.54, 1.807) is 32.9 Å². The van der Waals surface area contributed by atoms with E-state index in [9.17, 15) is 19.5 Å². The molecular formula is C25H41N3O5. The molecule has 2 atom stereocenters. The van der Waals surface area contributed by atoms with Gasteiger partial charge in [0.2, 0.25) is 11.8 Å². The molecule has 33 heavy (non-hydrogen) atoms. The van der Waals surface area contributed by atoms with Crippen LogP contribution in [0.2, 0.25) is 0 Å². The highest BCUT2D eigenvalue weighted by atomic mass is 16.6. The lowest BCUT2D eigenvalue weighted by Crippen LogP contribution is -2.60. The molecule has 3 amide bonds. The number of ether oxygens (including phenoxy) is 1. The van der Waals surface area contributed by atoms with Crippen molar-refractivity contribution in [3.63, 3.8) is 0 Å². The number of aliphatic hydroxyl groups excluding tert-OH is 1. The largest absolute Gasteiger partial charge is 0.444 e. The molecule has 1 aromatic rings.